The molecule has 9 heteroatoms. The first-order chi connectivity index (χ1) is 9.34. The van der Waals surface area contributed by atoms with E-state index < -0.39 is 26.2 Å². The third kappa shape index (κ3) is 2.75. The fourth-order valence-electron chi connectivity index (χ4n) is 1.96. The van der Waals surface area contributed by atoms with Crippen molar-refractivity contribution >= 4 is 37.3 Å². The number of halogens is 1. The van der Waals surface area contributed by atoms with Crippen molar-refractivity contribution in [3.63, 3.8) is 0 Å². The molecule has 1 amide bonds. The number of aromatic nitrogens is 1. The van der Waals surface area contributed by atoms with Crippen LogP contribution in [0.2, 0.25) is 0 Å². The minimum Gasteiger partial charge on any atom is -0.464 e. The molecule has 1 aliphatic rings. The quantitative estimate of drug-likeness (QED) is 0.596. The number of ether oxygens (including phenoxy) is 1. The molecule has 108 valence electrons. The summed E-state index contributed by atoms with van der Waals surface area (Å²) in [5.74, 6) is -1.14. The van der Waals surface area contributed by atoms with E-state index in [1.54, 1.807) is 0 Å². The van der Waals surface area contributed by atoms with Gasteiger partial charge in [-0.05, 0) is 12.1 Å². The van der Waals surface area contributed by atoms with Gasteiger partial charge in [0.25, 0.3) is 0 Å². The lowest BCUT2D eigenvalue weighted by atomic mass is 10.2. The summed E-state index contributed by atoms with van der Waals surface area (Å²) in [4.78, 5) is 28.6. The maximum absolute atomic E-state index is 11.9. The molecule has 0 aromatic carbocycles. The number of anilines is 1. The Morgan fingerprint density at radius 1 is 1.55 bits per heavy atom. The third-order valence-corrected chi connectivity index (χ3v) is 4.81. The molecule has 2 heterocycles. The average molecular weight is 319 g/mol. The summed E-state index contributed by atoms with van der Waals surface area (Å²) in [6.07, 6.45) is 1.16. The van der Waals surface area contributed by atoms with Gasteiger partial charge in [0.1, 0.15) is 5.25 Å². The monoisotopic (exact) mass is 318 g/mol. The summed E-state index contributed by atoms with van der Waals surface area (Å²) in [7, 11) is 2.62. The molecule has 0 saturated carbocycles. The number of nitrogens with zero attached hydrogens (tertiary/aromatic N) is 2. The van der Waals surface area contributed by atoms with Gasteiger partial charge in [-0.2, -0.15) is 0 Å². The molecule has 0 aliphatic carbocycles. The Labute approximate surface area is 119 Å². The van der Waals surface area contributed by atoms with Crippen molar-refractivity contribution < 1.29 is 22.7 Å². The second-order valence-electron chi connectivity index (χ2n) is 4.17. The van der Waals surface area contributed by atoms with Crippen LogP contribution in [0, 0.1) is 0 Å². The van der Waals surface area contributed by atoms with Crippen LogP contribution in [0.15, 0.2) is 18.3 Å². The molecule has 0 N–H and O–H groups in total. The van der Waals surface area contributed by atoms with Crippen molar-refractivity contribution in [1.82, 2.24) is 4.98 Å². The van der Waals surface area contributed by atoms with Gasteiger partial charge in [0.05, 0.1) is 12.8 Å². The zero-order valence-electron chi connectivity index (χ0n) is 10.4. The number of esters is 1. The zero-order chi connectivity index (χ0) is 14.9. The van der Waals surface area contributed by atoms with Gasteiger partial charge in [0, 0.05) is 29.8 Å². The number of carbonyl (C=O) groups excluding carboxylic acids is 2. The SMILES string of the molecule is COC(=O)c1ncccc1N1CC(S(=O)(=O)Cl)CC1=O. The number of rotatable bonds is 3. The first-order valence-corrected chi connectivity index (χ1v) is 7.99. The zero-order valence-corrected chi connectivity index (χ0v) is 12.0. The number of pyridine rings is 1. The topological polar surface area (TPSA) is 93.6 Å². The van der Waals surface area contributed by atoms with E-state index in [0.717, 1.165) is 0 Å². The summed E-state index contributed by atoms with van der Waals surface area (Å²) >= 11 is 0. The third-order valence-electron chi connectivity index (χ3n) is 2.94. The number of carbonyl (C=O) groups is 2. The summed E-state index contributed by atoms with van der Waals surface area (Å²) < 4.78 is 27.2. The van der Waals surface area contributed by atoms with Gasteiger partial charge in [-0.3, -0.25) is 4.79 Å². The van der Waals surface area contributed by atoms with Gasteiger partial charge in [0.2, 0.25) is 15.0 Å². The molecule has 0 bridgehead atoms. The van der Waals surface area contributed by atoms with Gasteiger partial charge >= 0.3 is 5.97 Å². The van der Waals surface area contributed by atoms with Crippen LogP contribution in [0.5, 0.6) is 0 Å². The highest BCUT2D eigenvalue weighted by molar-refractivity contribution is 8.14. The van der Waals surface area contributed by atoms with E-state index in [2.05, 4.69) is 9.72 Å². The minimum atomic E-state index is -3.84. The molecule has 1 fully saturated rings. The highest BCUT2D eigenvalue weighted by Crippen LogP contribution is 2.28. The van der Waals surface area contributed by atoms with Crippen molar-refractivity contribution in [3.05, 3.63) is 24.0 Å². The summed E-state index contributed by atoms with van der Waals surface area (Å²) in [6, 6.07) is 3.04. The van der Waals surface area contributed by atoms with E-state index >= 15 is 0 Å². The molecule has 7 nitrogen and oxygen atoms in total. The molecule has 20 heavy (non-hydrogen) atoms. The predicted octanol–water partition coefficient (Wildman–Crippen LogP) is 0.542. The number of amides is 1. The molecule has 1 aromatic heterocycles. The first-order valence-electron chi connectivity index (χ1n) is 5.61. The highest BCUT2D eigenvalue weighted by Gasteiger charge is 2.39. The molecule has 1 aliphatic heterocycles. The fourth-order valence-corrected chi connectivity index (χ4v) is 2.99. The van der Waals surface area contributed by atoms with Crippen molar-refractivity contribution in [2.75, 3.05) is 18.6 Å². The van der Waals surface area contributed by atoms with Gasteiger partial charge in [-0.15, -0.1) is 0 Å². The normalized spacial score (nSPS) is 19.2. The van der Waals surface area contributed by atoms with Crippen molar-refractivity contribution in [2.24, 2.45) is 0 Å². The molecule has 2 rings (SSSR count). The van der Waals surface area contributed by atoms with Gasteiger partial charge in [-0.1, -0.05) is 0 Å². The Morgan fingerprint density at radius 3 is 2.80 bits per heavy atom. The maximum atomic E-state index is 11.9. The predicted molar refractivity (Wildman–Crippen MR) is 71.1 cm³/mol. The lowest BCUT2D eigenvalue weighted by molar-refractivity contribution is -0.117. The molecule has 0 spiro atoms. The summed E-state index contributed by atoms with van der Waals surface area (Å²) in [5, 5.41) is -0.998. The Morgan fingerprint density at radius 2 is 2.25 bits per heavy atom. The van der Waals surface area contributed by atoms with E-state index in [-0.39, 0.29) is 24.3 Å². The van der Waals surface area contributed by atoms with Crippen molar-refractivity contribution in [1.29, 1.82) is 0 Å². The Balaban J connectivity index is 2.38. The van der Waals surface area contributed by atoms with E-state index in [0.29, 0.717) is 0 Å². The van der Waals surface area contributed by atoms with Gasteiger partial charge in [-0.25, -0.2) is 18.2 Å². The lowest BCUT2D eigenvalue weighted by Gasteiger charge is -2.18. The molecule has 1 unspecified atom stereocenters. The number of hydrogen-bond acceptors (Lipinski definition) is 6. The first kappa shape index (κ1) is 14.7. The maximum Gasteiger partial charge on any atom is 0.358 e. The Kier molecular flexibility index (Phi) is 3.96. The van der Waals surface area contributed by atoms with E-state index in [4.69, 9.17) is 10.7 Å². The van der Waals surface area contributed by atoms with Crippen LogP contribution in [-0.2, 0) is 18.6 Å². The molecule has 1 atom stereocenters. The molecule has 1 aromatic rings. The summed E-state index contributed by atoms with van der Waals surface area (Å²) in [6.45, 7) is -0.111. The van der Waals surface area contributed by atoms with Crippen LogP contribution < -0.4 is 4.90 Å². The fraction of sp³-hybridized carbons (Fsp3) is 0.364. The van der Waals surface area contributed by atoms with Gasteiger partial charge < -0.3 is 9.64 Å². The van der Waals surface area contributed by atoms with Gasteiger partial charge in [0.15, 0.2) is 5.69 Å². The van der Waals surface area contributed by atoms with Crippen molar-refractivity contribution in [3.8, 4) is 0 Å². The van der Waals surface area contributed by atoms with E-state index in [1.165, 1.54) is 30.3 Å². The van der Waals surface area contributed by atoms with E-state index in [9.17, 15) is 18.0 Å². The Hall–Kier alpha value is -1.67. The Bertz CT molecular complexity index is 661. The standard InChI is InChI=1S/C11H11ClN2O5S/c1-19-11(16)10-8(3-2-4-13-10)14-6-7(5-9(14)15)20(12,17)18/h2-4,7H,5-6H2,1H3. The van der Waals surface area contributed by atoms with E-state index in [1.807, 2.05) is 0 Å². The minimum absolute atomic E-state index is 0.0454. The highest BCUT2D eigenvalue weighted by atomic mass is 35.7. The molecule has 0 radical (unpaired) electrons. The second kappa shape index (κ2) is 5.37. The summed E-state index contributed by atoms with van der Waals surface area (Å²) in [5.41, 5.74) is 0.170. The van der Waals surface area contributed by atoms with Crippen LogP contribution in [0.25, 0.3) is 0 Å². The smallest absolute Gasteiger partial charge is 0.358 e. The lowest BCUT2D eigenvalue weighted by Crippen LogP contribution is -2.28. The second-order valence-corrected chi connectivity index (χ2v) is 7.08. The van der Waals surface area contributed by atoms with Crippen LogP contribution in [0.3, 0.4) is 0 Å². The van der Waals surface area contributed by atoms with Crippen LogP contribution >= 0.6 is 10.7 Å². The number of hydrogen-bond donors (Lipinski definition) is 0. The number of methoxy groups -OCH3 is 1. The van der Waals surface area contributed by atoms with Crippen LogP contribution in [0.1, 0.15) is 16.9 Å². The van der Waals surface area contributed by atoms with Crippen LogP contribution in [-0.4, -0.2) is 44.2 Å². The molecule has 1 saturated heterocycles. The average Bonchev–Trinajstić information content (AvgIpc) is 2.80. The molecular formula is C11H11ClN2O5S. The molecular weight excluding hydrogens is 308 g/mol. The van der Waals surface area contributed by atoms with Crippen LogP contribution in [0.4, 0.5) is 5.69 Å². The van der Waals surface area contributed by atoms with Crippen molar-refractivity contribution in [2.45, 2.75) is 11.7 Å². The largest absolute Gasteiger partial charge is 0.464 e.